The first-order valence-electron chi connectivity index (χ1n) is 9.22. The molecule has 0 aliphatic carbocycles. The number of benzene rings is 2. The van der Waals surface area contributed by atoms with Crippen molar-refractivity contribution >= 4 is 17.6 Å². The van der Waals surface area contributed by atoms with Gasteiger partial charge in [-0.1, -0.05) is 12.1 Å². The molecule has 1 fully saturated rings. The molecule has 3 rings (SSSR count). The number of hydrogen-bond acceptors (Lipinski definition) is 6. The standard InChI is InChI=1S/C22H22N2O5/c1-27-17-7-3-15(4-8-17)21-19(22(26)29-14-13-23)11-12-20(25)24(21)16-5-9-18(28-2)10-6-16/h3-10,19,21H,11-12,14H2,1-2H3/t19-,21-/m0/s1. The lowest BCUT2D eigenvalue weighted by Crippen LogP contribution is -2.46. The first-order valence-corrected chi connectivity index (χ1v) is 9.22. The summed E-state index contributed by atoms with van der Waals surface area (Å²) in [6.07, 6.45) is 0.567. The van der Waals surface area contributed by atoms with Gasteiger partial charge in [0.05, 0.1) is 26.2 Å². The average Bonchev–Trinajstić information content (AvgIpc) is 2.77. The molecule has 1 aliphatic rings. The van der Waals surface area contributed by atoms with Crippen LogP contribution in [0.1, 0.15) is 24.4 Å². The predicted octanol–water partition coefficient (Wildman–Crippen LogP) is 3.25. The Balaban J connectivity index is 2.04. The van der Waals surface area contributed by atoms with E-state index >= 15 is 0 Å². The highest BCUT2D eigenvalue weighted by Gasteiger charge is 2.42. The van der Waals surface area contributed by atoms with Crippen LogP contribution in [0.4, 0.5) is 5.69 Å². The minimum absolute atomic E-state index is 0.0830. The average molecular weight is 394 g/mol. The molecule has 1 aliphatic heterocycles. The molecule has 0 bridgehead atoms. The number of esters is 1. The summed E-state index contributed by atoms with van der Waals surface area (Å²) in [4.78, 5) is 27.2. The lowest BCUT2D eigenvalue weighted by molar-refractivity contribution is -0.149. The highest BCUT2D eigenvalue weighted by atomic mass is 16.5. The Morgan fingerprint density at radius 2 is 1.66 bits per heavy atom. The molecule has 7 heteroatoms. The Kier molecular flexibility index (Phi) is 6.35. The maximum absolute atomic E-state index is 12.9. The van der Waals surface area contributed by atoms with E-state index in [0.29, 0.717) is 23.6 Å². The molecule has 29 heavy (non-hydrogen) atoms. The number of amides is 1. The van der Waals surface area contributed by atoms with Gasteiger partial charge >= 0.3 is 5.97 Å². The van der Waals surface area contributed by atoms with Gasteiger partial charge in [-0.05, 0) is 48.4 Å². The monoisotopic (exact) mass is 394 g/mol. The van der Waals surface area contributed by atoms with Crippen LogP contribution in [-0.2, 0) is 14.3 Å². The molecule has 2 aromatic carbocycles. The van der Waals surface area contributed by atoms with E-state index in [1.54, 1.807) is 55.5 Å². The van der Waals surface area contributed by atoms with Crippen molar-refractivity contribution < 1.29 is 23.8 Å². The van der Waals surface area contributed by atoms with Gasteiger partial charge in [0.1, 0.15) is 17.6 Å². The number of piperidine rings is 1. The molecule has 1 saturated heterocycles. The van der Waals surface area contributed by atoms with Crippen molar-refractivity contribution in [3.63, 3.8) is 0 Å². The summed E-state index contributed by atoms with van der Waals surface area (Å²) < 4.78 is 15.5. The number of rotatable bonds is 6. The van der Waals surface area contributed by atoms with Crippen LogP contribution in [0.5, 0.6) is 11.5 Å². The van der Waals surface area contributed by atoms with Crippen molar-refractivity contribution in [1.82, 2.24) is 0 Å². The van der Waals surface area contributed by atoms with Gasteiger partial charge in [0.2, 0.25) is 5.91 Å². The van der Waals surface area contributed by atoms with E-state index in [1.807, 2.05) is 18.2 Å². The zero-order valence-electron chi connectivity index (χ0n) is 16.3. The number of carbonyl (C=O) groups is 2. The normalized spacial score (nSPS) is 18.7. The molecule has 2 atom stereocenters. The largest absolute Gasteiger partial charge is 0.497 e. The van der Waals surface area contributed by atoms with Crippen LogP contribution in [0.3, 0.4) is 0 Å². The molecule has 0 radical (unpaired) electrons. The lowest BCUT2D eigenvalue weighted by atomic mass is 9.83. The van der Waals surface area contributed by atoms with Gasteiger partial charge < -0.3 is 19.1 Å². The SMILES string of the molecule is COc1ccc([C@H]2[C@@H](C(=O)OCC#N)CCC(=O)N2c2ccc(OC)cc2)cc1. The van der Waals surface area contributed by atoms with E-state index < -0.39 is 17.9 Å². The Morgan fingerprint density at radius 3 is 2.21 bits per heavy atom. The van der Waals surface area contributed by atoms with Gasteiger partial charge in [-0.15, -0.1) is 0 Å². The molecular weight excluding hydrogens is 372 g/mol. The Bertz CT molecular complexity index is 902. The fourth-order valence-corrected chi connectivity index (χ4v) is 3.58. The van der Waals surface area contributed by atoms with E-state index in [-0.39, 0.29) is 18.9 Å². The van der Waals surface area contributed by atoms with Gasteiger partial charge in [0.15, 0.2) is 6.61 Å². The second-order valence-electron chi connectivity index (χ2n) is 6.59. The third-order valence-corrected chi connectivity index (χ3v) is 4.99. The van der Waals surface area contributed by atoms with E-state index in [1.165, 1.54) is 0 Å². The quantitative estimate of drug-likeness (QED) is 0.699. The zero-order chi connectivity index (χ0) is 20.8. The van der Waals surface area contributed by atoms with Crippen LogP contribution < -0.4 is 14.4 Å². The van der Waals surface area contributed by atoms with Crippen molar-refractivity contribution in [3.8, 4) is 17.6 Å². The first kappa shape index (κ1) is 20.2. The fourth-order valence-electron chi connectivity index (χ4n) is 3.58. The number of nitriles is 1. The maximum Gasteiger partial charge on any atom is 0.312 e. The molecule has 1 heterocycles. The Labute approximate surface area is 169 Å². The van der Waals surface area contributed by atoms with Gasteiger partial charge in [0, 0.05) is 12.1 Å². The topological polar surface area (TPSA) is 88.9 Å². The lowest BCUT2D eigenvalue weighted by Gasteiger charge is -2.40. The molecule has 1 amide bonds. The Hall–Kier alpha value is -3.53. The summed E-state index contributed by atoms with van der Waals surface area (Å²) >= 11 is 0. The number of methoxy groups -OCH3 is 2. The number of anilines is 1. The summed E-state index contributed by atoms with van der Waals surface area (Å²) in [7, 11) is 3.15. The molecule has 2 aromatic rings. The summed E-state index contributed by atoms with van der Waals surface area (Å²) in [5.41, 5.74) is 1.45. The van der Waals surface area contributed by atoms with Crippen LogP contribution in [0.25, 0.3) is 0 Å². The van der Waals surface area contributed by atoms with Crippen LogP contribution in [0, 0.1) is 17.2 Å². The first-order chi connectivity index (χ1) is 14.1. The van der Waals surface area contributed by atoms with E-state index in [9.17, 15) is 9.59 Å². The van der Waals surface area contributed by atoms with E-state index in [0.717, 1.165) is 5.56 Å². The number of hydrogen-bond donors (Lipinski definition) is 0. The van der Waals surface area contributed by atoms with Crippen LogP contribution in [0.2, 0.25) is 0 Å². The smallest absolute Gasteiger partial charge is 0.312 e. The molecule has 0 unspecified atom stereocenters. The molecule has 0 aromatic heterocycles. The highest BCUT2D eigenvalue weighted by molar-refractivity contribution is 5.97. The minimum atomic E-state index is -0.587. The molecule has 0 N–H and O–H groups in total. The van der Waals surface area contributed by atoms with Gasteiger partial charge in [-0.2, -0.15) is 5.26 Å². The molecule has 150 valence electrons. The van der Waals surface area contributed by atoms with Gasteiger partial charge in [-0.3, -0.25) is 9.59 Å². The molecule has 0 spiro atoms. The second kappa shape index (κ2) is 9.11. The van der Waals surface area contributed by atoms with Crippen molar-refractivity contribution in [2.45, 2.75) is 18.9 Å². The second-order valence-corrected chi connectivity index (χ2v) is 6.59. The van der Waals surface area contributed by atoms with Gasteiger partial charge in [-0.25, -0.2) is 0 Å². The number of ether oxygens (including phenoxy) is 3. The summed E-state index contributed by atoms with van der Waals surface area (Å²) in [6.45, 7) is -0.318. The number of nitrogens with zero attached hydrogens (tertiary/aromatic N) is 2. The van der Waals surface area contributed by atoms with Crippen LogP contribution >= 0.6 is 0 Å². The summed E-state index contributed by atoms with van der Waals surface area (Å²) in [6, 6.07) is 15.6. The van der Waals surface area contributed by atoms with E-state index in [4.69, 9.17) is 19.5 Å². The number of carbonyl (C=O) groups excluding carboxylic acids is 2. The predicted molar refractivity (Wildman–Crippen MR) is 106 cm³/mol. The highest BCUT2D eigenvalue weighted by Crippen LogP contribution is 2.41. The third-order valence-electron chi connectivity index (χ3n) is 4.99. The van der Waals surface area contributed by atoms with Crippen molar-refractivity contribution in [2.75, 3.05) is 25.7 Å². The van der Waals surface area contributed by atoms with Gasteiger partial charge in [0.25, 0.3) is 0 Å². The summed E-state index contributed by atoms with van der Waals surface area (Å²) in [5.74, 6) is 0.190. The molecule has 7 nitrogen and oxygen atoms in total. The van der Waals surface area contributed by atoms with Crippen LogP contribution in [-0.4, -0.2) is 32.7 Å². The van der Waals surface area contributed by atoms with E-state index in [2.05, 4.69) is 0 Å². The Morgan fingerprint density at radius 1 is 1.07 bits per heavy atom. The third kappa shape index (κ3) is 4.32. The van der Waals surface area contributed by atoms with Crippen molar-refractivity contribution in [1.29, 1.82) is 5.26 Å². The van der Waals surface area contributed by atoms with Crippen molar-refractivity contribution in [2.24, 2.45) is 5.92 Å². The zero-order valence-corrected chi connectivity index (χ0v) is 16.3. The molecular formula is C22H22N2O5. The fraction of sp³-hybridized carbons (Fsp3) is 0.318. The minimum Gasteiger partial charge on any atom is -0.497 e. The van der Waals surface area contributed by atoms with Crippen LogP contribution in [0.15, 0.2) is 48.5 Å². The summed E-state index contributed by atoms with van der Waals surface area (Å²) in [5, 5.41) is 8.76. The maximum atomic E-state index is 12.9. The molecule has 0 saturated carbocycles. The van der Waals surface area contributed by atoms with Crippen molar-refractivity contribution in [3.05, 3.63) is 54.1 Å².